The molecule has 0 aliphatic carbocycles. The monoisotopic (exact) mass is 160 g/mol. The fourth-order valence-electron chi connectivity index (χ4n) is 1.08. The van der Waals surface area contributed by atoms with E-state index in [1.165, 1.54) is 0 Å². The first kappa shape index (κ1) is 8.83. The summed E-state index contributed by atoms with van der Waals surface area (Å²) in [5, 5.41) is 9.09. The lowest BCUT2D eigenvalue weighted by atomic mass is 10.1. The van der Waals surface area contributed by atoms with Crippen molar-refractivity contribution in [1.82, 2.24) is 0 Å². The predicted octanol–water partition coefficient (Wildman–Crippen LogP) is 1.59. The maximum atomic E-state index is 9.09. The highest BCUT2D eigenvalue weighted by molar-refractivity contribution is 5.34. The molecule has 1 aromatic carbocycles. The van der Waals surface area contributed by atoms with Crippen LogP contribution in [0.5, 0.6) is 0 Å². The van der Waals surface area contributed by atoms with E-state index in [0.29, 0.717) is 6.42 Å². The van der Waals surface area contributed by atoms with Crippen molar-refractivity contribution in [3.63, 3.8) is 0 Å². The van der Waals surface area contributed by atoms with Crippen molar-refractivity contribution in [3.05, 3.63) is 35.4 Å². The second-order valence-electron chi connectivity index (χ2n) is 2.89. The summed E-state index contributed by atoms with van der Waals surface area (Å²) in [7, 11) is 0. The fraction of sp³-hybridized carbons (Fsp3) is 0.273. The molecule has 1 heteroatoms. The molecule has 0 spiro atoms. The first-order chi connectivity index (χ1) is 5.72. The molecule has 0 saturated carbocycles. The molecule has 1 rings (SSSR count). The van der Waals surface area contributed by atoms with E-state index < -0.39 is 0 Å². The lowest BCUT2D eigenvalue weighted by Crippen LogP contribution is -2.03. The molecular formula is C11H12O. The lowest BCUT2D eigenvalue weighted by Gasteiger charge is -2.03. The van der Waals surface area contributed by atoms with Gasteiger partial charge >= 0.3 is 0 Å². The van der Waals surface area contributed by atoms with Crippen LogP contribution in [-0.2, 0) is 6.42 Å². The van der Waals surface area contributed by atoms with Crippen LogP contribution < -0.4 is 0 Å². The molecular weight excluding hydrogens is 148 g/mol. The Balaban J connectivity index is 2.73. The molecule has 0 saturated heterocycles. The highest BCUT2D eigenvalue weighted by Gasteiger charge is 1.97. The van der Waals surface area contributed by atoms with Gasteiger partial charge in [-0.3, -0.25) is 0 Å². The zero-order valence-corrected chi connectivity index (χ0v) is 7.12. The van der Waals surface area contributed by atoms with Crippen LogP contribution in [-0.4, -0.2) is 11.2 Å². The van der Waals surface area contributed by atoms with E-state index in [1.54, 1.807) is 6.92 Å². The molecule has 0 aliphatic heterocycles. The summed E-state index contributed by atoms with van der Waals surface area (Å²) < 4.78 is 0. The van der Waals surface area contributed by atoms with Gasteiger partial charge in [-0.05, 0) is 31.0 Å². The molecule has 0 unspecified atom stereocenters. The Bertz CT molecular complexity index is 277. The van der Waals surface area contributed by atoms with Gasteiger partial charge in [-0.2, -0.15) is 0 Å². The summed E-state index contributed by atoms with van der Waals surface area (Å²) in [6, 6.07) is 7.67. The number of rotatable bonds is 2. The summed E-state index contributed by atoms with van der Waals surface area (Å²) in [5.74, 6) is 2.54. The Morgan fingerprint density at radius 1 is 1.42 bits per heavy atom. The van der Waals surface area contributed by atoms with Gasteiger partial charge in [0.1, 0.15) is 0 Å². The minimum Gasteiger partial charge on any atom is -0.393 e. The first-order valence-electron chi connectivity index (χ1n) is 3.96. The molecule has 0 heterocycles. The second kappa shape index (κ2) is 3.94. The van der Waals surface area contributed by atoms with E-state index >= 15 is 0 Å². The lowest BCUT2D eigenvalue weighted by molar-refractivity contribution is 0.195. The van der Waals surface area contributed by atoms with Crippen LogP contribution >= 0.6 is 0 Å². The van der Waals surface area contributed by atoms with E-state index in [-0.39, 0.29) is 6.10 Å². The molecule has 0 bridgehead atoms. The third-order valence-corrected chi connectivity index (χ3v) is 1.65. The van der Waals surface area contributed by atoms with Crippen LogP contribution in [0.2, 0.25) is 0 Å². The maximum Gasteiger partial charge on any atom is 0.0552 e. The number of terminal acetylenes is 1. The van der Waals surface area contributed by atoms with Gasteiger partial charge in [-0.25, -0.2) is 0 Å². The third kappa shape index (κ3) is 2.41. The Hall–Kier alpha value is -1.26. The zero-order chi connectivity index (χ0) is 8.97. The molecule has 12 heavy (non-hydrogen) atoms. The van der Waals surface area contributed by atoms with Crippen molar-refractivity contribution < 1.29 is 5.11 Å². The second-order valence-corrected chi connectivity index (χ2v) is 2.89. The third-order valence-electron chi connectivity index (χ3n) is 1.65. The van der Waals surface area contributed by atoms with Gasteiger partial charge in [-0.1, -0.05) is 18.1 Å². The summed E-state index contributed by atoms with van der Waals surface area (Å²) in [6.07, 6.45) is 5.60. The highest BCUT2D eigenvalue weighted by atomic mass is 16.3. The quantitative estimate of drug-likeness (QED) is 0.651. The van der Waals surface area contributed by atoms with E-state index in [9.17, 15) is 0 Å². The molecule has 1 nitrogen and oxygen atoms in total. The van der Waals surface area contributed by atoms with E-state index in [0.717, 1.165) is 11.1 Å². The van der Waals surface area contributed by atoms with E-state index in [4.69, 9.17) is 11.5 Å². The molecule has 0 radical (unpaired) electrons. The molecule has 0 aliphatic rings. The van der Waals surface area contributed by atoms with Crippen LogP contribution in [0, 0.1) is 12.3 Å². The fourth-order valence-corrected chi connectivity index (χ4v) is 1.08. The number of hydrogen-bond donors (Lipinski definition) is 1. The number of hydrogen-bond acceptors (Lipinski definition) is 1. The molecule has 1 atom stereocenters. The largest absolute Gasteiger partial charge is 0.393 e. The Labute approximate surface area is 73.0 Å². The standard InChI is InChI=1S/C11H12O/c1-3-10-4-6-11(7-5-10)8-9(2)12/h1,4-7,9,12H,8H2,2H3/t9-/m1/s1. The first-order valence-corrected chi connectivity index (χ1v) is 3.96. The van der Waals surface area contributed by atoms with Crippen LogP contribution in [0.15, 0.2) is 24.3 Å². The van der Waals surface area contributed by atoms with Crippen molar-refractivity contribution >= 4 is 0 Å². The van der Waals surface area contributed by atoms with Gasteiger partial charge < -0.3 is 5.11 Å². The van der Waals surface area contributed by atoms with E-state index in [1.807, 2.05) is 24.3 Å². The average Bonchev–Trinajstić information content (AvgIpc) is 2.05. The van der Waals surface area contributed by atoms with Crippen molar-refractivity contribution in [2.45, 2.75) is 19.4 Å². The molecule has 1 N–H and O–H groups in total. The summed E-state index contributed by atoms with van der Waals surface area (Å²) in [6.45, 7) is 1.77. The van der Waals surface area contributed by atoms with Crippen molar-refractivity contribution in [3.8, 4) is 12.3 Å². The molecule has 1 aromatic rings. The average molecular weight is 160 g/mol. The SMILES string of the molecule is C#Cc1ccc(C[C@@H](C)O)cc1. The molecule has 0 aromatic heterocycles. The zero-order valence-electron chi connectivity index (χ0n) is 7.12. The summed E-state index contributed by atoms with van der Waals surface area (Å²) in [5.41, 5.74) is 1.99. The van der Waals surface area contributed by atoms with E-state index in [2.05, 4.69) is 5.92 Å². The van der Waals surface area contributed by atoms with Crippen molar-refractivity contribution in [2.75, 3.05) is 0 Å². The minimum atomic E-state index is -0.290. The number of aliphatic hydroxyl groups excluding tert-OH is 1. The van der Waals surface area contributed by atoms with Gasteiger partial charge in [0.2, 0.25) is 0 Å². The van der Waals surface area contributed by atoms with Crippen LogP contribution in [0.1, 0.15) is 18.1 Å². The Morgan fingerprint density at radius 3 is 2.42 bits per heavy atom. The molecule has 0 fully saturated rings. The van der Waals surface area contributed by atoms with Crippen molar-refractivity contribution in [2.24, 2.45) is 0 Å². The van der Waals surface area contributed by atoms with Gasteiger partial charge in [0.15, 0.2) is 0 Å². The van der Waals surface area contributed by atoms with Crippen LogP contribution in [0.25, 0.3) is 0 Å². The normalized spacial score (nSPS) is 12.1. The van der Waals surface area contributed by atoms with Gasteiger partial charge in [-0.15, -0.1) is 6.42 Å². The molecule has 0 amide bonds. The summed E-state index contributed by atoms with van der Waals surface area (Å²) >= 11 is 0. The molecule has 62 valence electrons. The smallest absolute Gasteiger partial charge is 0.0552 e. The van der Waals surface area contributed by atoms with Gasteiger partial charge in [0.05, 0.1) is 6.10 Å². The number of benzene rings is 1. The van der Waals surface area contributed by atoms with Gasteiger partial charge in [0.25, 0.3) is 0 Å². The summed E-state index contributed by atoms with van der Waals surface area (Å²) in [4.78, 5) is 0. The minimum absolute atomic E-state index is 0.290. The van der Waals surface area contributed by atoms with Crippen LogP contribution in [0.4, 0.5) is 0 Å². The van der Waals surface area contributed by atoms with Gasteiger partial charge in [0, 0.05) is 5.56 Å². The Kier molecular flexibility index (Phi) is 2.90. The topological polar surface area (TPSA) is 20.2 Å². The number of aliphatic hydroxyl groups is 1. The highest BCUT2D eigenvalue weighted by Crippen LogP contribution is 2.05. The predicted molar refractivity (Wildman–Crippen MR) is 49.8 cm³/mol. The van der Waals surface area contributed by atoms with Crippen LogP contribution in [0.3, 0.4) is 0 Å². The Morgan fingerprint density at radius 2 is 2.00 bits per heavy atom. The van der Waals surface area contributed by atoms with Crippen molar-refractivity contribution in [1.29, 1.82) is 0 Å². The maximum absolute atomic E-state index is 9.09.